The number of fused-ring (bicyclic) bond motifs is 1. The van der Waals surface area contributed by atoms with Gasteiger partial charge >= 0.3 is 0 Å². The zero-order valence-corrected chi connectivity index (χ0v) is 12.8. The first-order chi connectivity index (χ1) is 9.67. The molecule has 0 aliphatic carbocycles. The fraction of sp³-hybridized carbons (Fsp3) is 0.0667. The smallest absolute Gasteiger partial charge is 0.178 e. The first kappa shape index (κ1) is 13.1. The molecule has 5 heteroatoms. The van der Waals surface area contributed by atoms with Gasteiger partial charge in [-0.1, -0.05) is 28.1 Å². The molecule has 0 saturated heterocycles. The average Bonchev–Trinajstić information content (AvgIpc) is 2.74. The number of rotatable bonds is 2. The van der Waals surface area contributed by atoms with E-state index in [4.69, 9.17) is 17.5 Å². The fourth-order valence-corrected chi connectivity index (χ4v) is 2.92. The lowest BCUT2D eigenvalue weighted by atomic mass is 10.2. The van der Waals surface area contributed by atoms with E-state index in [2.05, 4.69) is 39.1 Å². The van der Waals surface area contributed by atoms with Crippen molar-refractivity contribution < 1.29 is 0 Å². The normalized spacial score (nSPS) is 10.6. The van der Waals surface area contributed by atoms with Crippen LogP contribution in [0, 0.1) is 16.1 Å². The van der Waals surface area contributed by atoms with E-state index in [1.54, 1.807) is 6.07 Å². The van der Waals surface area contributed by atoms with Crippen LogP contribution in [0.1, 0.15) is 11.1 Å². The van der Waals surface area contributed by atoms with Gasteiger partial charge < -0.3 is 9.55 Å². The number of hydrogen-bond acceptors (Lipinski definition) is 2. The molecule has 0 spiro atoms. The highest BCUT2D eigenvalue weighted by Gasteiger charge is 2.06. The van der Waals surface area contributed by atoms with Crippen LogP contribution in [0.2, 0.25) is 0 Å². The molecular weight excluding hydrogens is 334 g/mol. The summed E-state index contributed by atoms with van der Waals surface area (Å²) in [7, 11) is 0. The van der Waals surface area contributed by atoms with Gasteiger partial charge in [0, 0.05) is 4.47 Å². The molecule has 0 atom stereocenters. The third-order valence-corrected chi connectivity index (χ3v) is 3.95. The molecule has 1 aromatic heterocycles. The van der Waals surface area contributed by atoms with Gasteiger partial charge in [-0.2, -0.15) is 5.26 Å². The molecule has 2 aromatic carbocycles. The maximum absolute atomic E-state index is 9.02. The SMILES string of the molecule is N#Cc1ccc2[nH]c(=S)n(Cc3cccc(Br)c3)c2c1. The van der Waals surface area contributed by atoms with Crippen molar-refractivity contribution in [2.75, 3.05) is 0 Å². The lowest BCUT2D eigenvalue weighted by Gasteiger charge is -2.05. The number of benzene rings is 2. The number of imidazole rings is 1. The highest BCUT2D eigenvalue weighted by molar-refractivity contribution is 9.10. The number of nitrogens with zero attached hydrogens (tertiary/aromatic N) is 2. The zero-order chi connectivity index (χ0) is 14.1. The molecule has 3 aromatic rings. The van der Waals surface area contributed by atoms with E-state index in [0.717, 1.165) is 21.1 Å². The Hall–Kier alpha value is -1.90. The monoisotopic (exact) mass is 343 g/mol. The summed E-state index contributed by atoms with van der Waals surface area (Å²) in [5, 5.41) is 9.02. The number of nitrogens with one attached hydrogen (secondary N) is 1. The van der Waals surface area contributed by atoms with E-state index in [9.17, 15) is 0 Å². The summed E-state index contributed by atoms with van der Waals surface area (Å²) in [4.78, 5) is 3.17. The third-order valence-electron chi connectivity index (χ3n) is 3.13. The molecule has 0 amide bonds. The van der Waals surface area contributed by atoms with Crippen molar-refractivity contribution in [3.8, 4) is 6.07 Å². The number of H-pyrrole nitrogens is 1. The van der Waals surface area contributed by atoms with Gasteiger partial charge in [0.25, 0.3) is 0 Å². The van der Waals surface area contributed by atoms with Gasteiger partial charge in [0.1, 0.15) is 0 Å². The Balaban J connectivity index is 2.13. The molecular formula is C15H10BrN3S. The van der Waals surface area contributed by atoms with Crippen LogP contribution >= 0.6 is 28.1 Å². The molecule has 0 bridgehead atoms. The molecule has 1 N–H and O–H groups in total. The maximum atomic E-state index is 9.02. The van der Waals surface area contributed by atoms with Crippen LogP contribution in [0.25, 0.3) is 11.0 Å². The molecule has 3 nitrogen and oxygen atoms in total. The van der Waals surface area contributed by atoms with E-state index < -0.39 is 0 Å². The summed E-state index contributed by atoms with van der Waals surface area (Å²) < 4.78 is 3.71. The number of aromatic amines is 1. The van der Waals surface area contributed by atoms with Gasteiger partial charge in [0.05, 0.1) is 29.2 Å². The van der Waals surface area contributed by atoms with Crippen molar-refractivity contribution in [3.63, 3.8) is 0 Å². The summed E-state index contributed by atoms with van der Waals surface area (Å²) in [5.74, 6) is 0. The van der Waals surface area contributed by atoms with Crippen LogP contribution in [-0.2, 0) is 6.54 Å². The third kappa shape index (κ3) is 2.40. The number of nitriles is 1. The predicted molar refractivity (Wildman–Crippen MR) is 85.1 cm³/mol. The second-order valence-electron chi connectivity index (χ2n) is 4.49. The first-order valence-corrected chi connectivity index (χ1v) is 7.24. The molecule has 20 heavy (non-hydrogen) atoms. The van der Waals surface area contributed by atoms with E-state index in [-0.39, 0.29) is 0 Å². The predicted octanol–water partition coefficient (Wildman–Crippen LogP) is 4.38. The Labute approximate surface area is 129 Å². The van der Waals surface area contributed by atoms with Crippen LogP contribution < -0.4 is 0 Å². The molecule has 0 unspecified atom stereocenters. The molecule has 1 heterocycles. The fourth-order valence-electron chi connectivity index (χ4n) is 2.20. The van der Waals surface area contributed by atoms with Crippen molar-refractivity contribution in [2.24, 2.45) is 0 Å². The maximum Gasteiger partial charge on any atom is 0.178 e. The van der Waals surface area contributed by atoms with Gasteiger partial charge in [-0.25, -0.2) is 0 Å². The Morgan fingerprint density at radius 2 is 2.10 bits per heavy atom. The van der Waals surface area contributed by atoms with Crippen molar-refractivity contribution in [1.82, 2.24) is 9.55 Å². The lowest BCUT2D eigenvalue weighted by molar-refractivity contribution is 0.810. The standard InChI is InChI=1S/C15H10BrN3S/c16-12-3-1-2-11(6-12)9-19-14-7-10(8-17)4-5-13(14)18-15(19)20/h1-7H,9H2,(H,18,20). The van der Waals surface area contributed by atoms with Crippen LogP contribution in [-0.4, -0.2) is 9.55 Å². The Kier molecular flexibility index (Phi) is 3.43. The van der Waals surface area contributed by atoms with Crippen LogP contribution in [0.3, 0.4) is 0 Å². The summed E-state index contributed by atoms with van der Waals surface area (Å²) in [5.41, 5.74) is 3.69. The molecule has 0 radical (unpaired) electrons. The topological polar surface area (TPSA) is 44.5 Å². The Morgan fingerprint density at radius 3 is 2.85 bits per heavy atom. The van der Waals surface area contributed by atoms with Crippen molar-refractivity contribution in [2.45, 2.75) is 6.54 Å². The molecule has 0 aliphatic rings. The van der Waals surface area contributed by atoms with Gasteiger partial charge in [-0.15, -0.1) is 0 Å². The molecule has 3 rings (SSSR count). The second-order valence-corrected chi connectivity index (χ2v) is 5.79. The van der Waals surface area contributed by atoms with E-state index in [0.29, 0.717) is 16.9 Å². The first-order valence-electron chi connectivity index (χ1n) is 6.04. The summed E-state index contributed by atoms with van der Waals surface area (Å²) >= 11 is 8.85. The summed E-state index contributed by atoms with van der Waals surface area (Å²) in [6.07, 6.45) is 0. The largest absolute Gasteiger partial charge is 0.331 e. The van der Waals surface area contributed by atoms with Gasteiger partial charge in [0.15, 0.2) is 4.77 Å². The van der Waals surface area contributed by atoms with Crippen molar-refractivity contribution in [1.29, 1.82) is 5.26 Å². The minimum atomic E-state index is 0.634. The van der Waals surface area contributed by atoms with Crippen molar-refractivity contribution >= 4 is 39.2 Å². The highest BCUT2D eigenvalue weighted by atomic mass is 79.9. The molecule has 0 aliphatic heterocycles. The zero-order valence-electron chi connectivity index (χ0n) is 10.4. The van der Waals surface area contributed by atoms with E-state index in [1.807, 2.05) is 28.8 Å². The van der Waals surface area contributed by atoms with Crippen molar-refractivity contribution in [3.05, 3.63) is 62.8 Å². The Bertz CT molecular complexity index is 886. The Morgan fingerprint density at radius 1 is 1.25 bits per heavy atom. The molecule has 98 valence electrons. The summed E-state index contributed by atoms with van der Waals surface area (Å²) in [6.45, 7) is 0.674. The number of halogens is 1. The van der Waals surface area contributed by atoms with Gasteiger partial charge in [-0.3, -0.25) is 0 Å². The van der Waals surface area contributed by atoms with E-state index >= 15 is 0 Å². The van der Waals surface area contributed by atoms with Crippen LogP contribution in [0.15, 0.2) is 46.9 Å². The average molecular weight is 344 g/mol. The summed E-state index contributed by atoms with van der Waals surface area (Å²) in [6, 6.07) is 15.8. The number of hydrogen-bond donors (Lipinski definition) is 1. The lowest BCUT2D eigenvalue weighted by Crippen LogP contribution is -1.99. The quantitative estimate of drug-likeness (QED) is 0.701. The highest BCUT2D eigenvalue weighted by Crippen LogP contribution is 2.19. The minimum Gasteiger partial charge on any atom is -0.331 e. The number of aromatic nitrogens is 2. The van der Waals surface area contributed by atoms with Crippen LogP contribution in [0.4, 0.5) is 0 Å². The van der Waals surface area contributed by atoms with Gasteiger partial charge in [-0.05, 0) is 48.1 Å². The molecule has 0 saturated carbocycles. The van der Waals surface area contributed by atoms with E-state index in [1.165, 1.54) is 0 Å². The van der Waals surface area contributed by atoms with Crippen LogP contribution in [0.5, 0.6) is 0 Å². The molecule has 0 fully saturated rings. The van der Waals surface area contributed by atoms with Gasteiger partial charge in [0.2, 0.25) is 0 Å². The second kappa shape index (κ2) is 5.23. The minimum absolute atomic E-state index is 0.634.